The number of nitrogens with zero attached hydrogens (tertiary/aromatic N) is 1. The van der Waals surface area contributed by atoms with E-state index in [1.807, 2.05) is 30.3 Å². The molecule has 1 aliphatic heterocycles. The van der Waals surface area contributed by atoms with Crippen molar-refractivity contribution in [2.45, 2.75) is 17.4 Å². The molecule has 134 valence electrons. The Morgan fingerprint density at radius 3 is 2.52 bits per heavy atom. The lowest BCUT2D eigenvalue weighted by molar-refractivity contribution is -0.0297. The Balaban J connectivity index is 1.52. The highest BCUT2D eigenvalue weighted by Gasteiger charge is 2.22. The second-order valence-corrected chi connectivity index (χ2v) is 8.31. The molecule has 1 aliphatic rings. The summed E-state index contributed by atoms with van der Waals surface area (Å²) in [5.41, 5.74) is 1.14. The Morgan fingerprint density at radius 2 is 1.80 bits per heavy atom. The van der Waals surface area contributed by atoms with Gasteiger partial charge in [0.15, 0.2) is 9.84 Å². The Kier molecular flexibility index (Phi) is 5.83. The van der Waals surface area contributed by atoms with Crippen LogP contribution in [0, 0.1) is 5.82 Å². The fourth-order valence-corrected chi connectivity index (χ4v) is 4.31. The van der Waals surface area contributed by atoms with Crippen LogP contribution in [0.15, 0.2) is 59.5 Å². The fraction of sp³-hybridized carbons (Fsp3) is 0.368. The number of benzene rings is 2. The van der Waals surface area contributed by atoms with Gasteiger partial charge in [0.05, 0.1) is 23.4 Å². The summed E-state index contributed by atoms with van der Waals surface area (Å²) in [7, 11) is -3.37. The number of rotatable bonds is 6. The Morgan fingerprint density at radius 1 is 1.08 bits per heavy atom. The van der Waals surface area contributed by atoms with E-state index in [-0.39, 0.29) is 16.8 Å². The van der Waals surface area contributed by atoms with Crippen molar-refractivity contribution in [3.05, 3.63) is 66.0 Å². The number of hydrogen-bond acceptors (Lipinski definition) is 4. The van der Waals surface area contributed by atoms with E-state index in [2.05, 4.69) is 4.90 Å². The highest BCUT2D eigenvalue weighted by atomic mass is 32.2. The van der Waals surface area contributed by atoms with Crippen LogP contribution in [-0.2, 0) is 14.6 Å². The molecule has 3 rings (SSSR count). The summed E-state index contributed by atoms with van der Waals surface area (Å²) in [5.74, 6) is -0.370. The average molecular weight is 363 g/mol. The molecule has 0 radical (unpaired) electrons. The van der Waals surface area contributed by atoms with E-state index in [0.29, 0.717) is 19.6 Å². The lowest BCUT2D eigenvalue weighted by Crippen LogP contribution is -2.39. The van der Waals surface area contributed by atoms with Crippen LogP contribution in [0.1, 0.15) is 18.1 Å². The van der Waals surface area contributed by atoms with Gasteiger partial charge in [0.2, 0.25) is 0 Å². The number of sulfone groups is 1. The molecule has 1 fully saturated rings. The molecule has 1 unspecified atom stereocenters. The SMILES string of the molecule is O=S(=O)(CCCN1CCOC(c2ccccc2)C1)c1ccc(F)cc1. The van der Waals surface area contributed by atoms with Crippen molar-refractivity contribution in [3.63, 3.8) is 0 Å². The van der Waals surface area contributed by atoms with Crippen LogP contribution in [0.4, 0.5) is 4.39 Å². The molecule has 0 bridgehead atoms. The van der Waals surface area contributed by atoms with E-state index >= 15 is 0 Å². The molecule has 25 heavy (non-hydrogen) atoms. The lowest BCUT2D eigenvalue weighted by Gasteiger charge is -2.33. The third-order valence-corrected chi connectivity index (χ3v) is 6.20. The zero-order valence-electron chi connectivity index (χ0n) is 14.0. The molecule has 1 saturated heterocycles. The van der Waals surface area contributed by atoms with E-state index in [0.717, 1.165) is 18.7 Å². The average Bonchev–Trinajstić information content (AvgIpc) is 2.63. The van der Waals surface area contributed by atoms with E-state index in [9.17, 15) is 12.8 Å². The van der Waals surface area contributed by atoms with Crippen molar-refractivity contribution in [2.75, 3.05) is 32.0 Å². The molecule has 6 heteroatoms. The number of morpholine rings is 1. The second-order valence-electron chi connectivity index (χ2n) is 6.20. The zero-order valence-corrected chi connectivity index (χ0v) is 14.8. The van der Waals surface area contributed by atoms with Gasteiger partial charge < -0.3 is 4.74 Å². The van der Waals surface area contributed by atoms with E-state index < -0.39 is 15.7 Å². The molecular formula is C19H22FNO3S. The topological polar surface area (TPSA) is 46.6 Å². The Labute approximate surface area is 148 Å². The normalized spacial score (nSPS) is 19.0. The highest BCUT2D eigenvalue weighted by molar-refractivity contribution is 7.91. The summed E-state index contributed by atoms with van der Waals surface area (Å²) in [6.07, 6.45) is 0.574. The maximum atomic E-state index is 12.9. The van der Waals surface area contributed by atoms with Crippen molar-refractivity contribution in [2.24, 2.45) is 0 Å². The monoisotopic (exact) mass is 363 g/mol. The Bertz CT molecular complexity index is 778. The smallest absolute Gasteiger partial charge is 0.178 e. The summed E-state index contributed by atoms with van der Waals surface area (Å²) in [6, 6.07) is 15.1. The lowest BCUT2D eigenvalue weighted by atomic mass is 10.1. The van der Waals surface area contributed by atoms with Crippen molar-refractivity contribution in [3.8, 4) is 0 Å². The minimum atomic E-state index is -3.37. The first-order valence-electron chi connectivity index (χ1n) is 8.42. The molecule has 0 spiro atoms. The van der Waals surface area contributed by atoms with Crippen LogP contribution >= 0.6 is 0 Å². The molecule has 2 aromatic carbocycles. The zero-order chi connectivity index (χ0) is 17.7. The van der Waals surface area contributed by atoms with Gasteiger partial charge in [0.25, 0.3) is 0 Å². The molecule has 0 N–H and O–H groups in total. The van der Waals surface area contributed by atoms with E-state index in [1.165, 1.54) is 24.3 Å². The first-order valence-corrected chi connectivity index (χ1v) is 10.1. The van der Waals surface area contributed by atoms with Gasteiger partial charge in [-0.25, -0.2) is 12.8 Å². The van der Waals surface area contributed by atoms with Crippen LogP contribution in [0.25, 0.3) is 0 Å². The van der Waals surface area contributed by atoms with Crippen LogP contribution in [-0.4, -0.2) is 45.3 Å². The summed E-state index contributed by atoms with van der Waals surface area (Å²) in [4.78, 5) is 2.42. The molecule has 0 saturated carbocycles. The maximum absolute atomic E-state index is 12.9. The fourth-order valence-electron chi connectivity index (χ4n) is 3.01. The largest absolute Gasteiger partial charge is 0.371 e. The minimum Gasteiger partial charge on any atom is -0.371 e. The van der Waals surface area contributed by atoms with E-state index in [1.54, 1.807) is 0 Å². The maximum Gasteiger partial charge on any atom is 0.178 e. The van der Waals surface area contributed by atoms with Crippen LogP contribution < -0.4 is 0 Å². The van der Waals surface area contributed by atoms with Crippen LogP contribution in [0.5, 0.6) is 0 Å². The third-order valence-electron chi connectivity index (χ3n) is 4.38. The molecular weight excluding hydrogens is 341 g/mol. The summed E-state index contributed by atoms with van der Waals surface area (Å²) < 4.78 is 43.4. The Hall–Kier alpha value is -1.76. The van der Waals surface area contributed by atoms with Gasteiger partial charge in [0, 0.05) is 13.1 Å². The summed E-state index contributed by atoms with van der Waals surface area (Å²) in [5, 5.41) is 0. The molecule has 0 amide bonds. The number of hydrogen-bond donors (Lipinski definition) is 0. The van der Waals surface area contributed by atoms with Crippen molar-refractivity contribution >= 4 is 9.84 Å². The van der Waals surface area contributed by atoms with Crippen molar-refractivity contribution in [1.82, 2.24) is 4.90 Å². The van der Waals surface area contributed by atoms with Gasteiger partial charge in [-0.1, -0.05) is 30.3 Å². The van der Waals surface area contributed by atoms with Gasteiger partial charge in [-0.05, 0) is 42.8 Å². The first kappa shape index (κ1) is 18.0. The van der Waals surface area contributed by atoms with Crippen molar-refractivity contribution in [1.29, 1.82) is 0 Å². The molecule has 0 aliphatic carbocycles. The van der Waals surface area contributed by atoms with Gasteiger partial charge in [-0.15, -0.1) is 0 Å². The molecule has 1 heterocycles. The second kappa shape index (κ2) is 8.08. The van der Waals surface area contributed by atoms with Crippen molar-refractivity contribution < 1.29 is 17.5 Å². The quantitative estimate of drug-likeness (QED) is 0.740. The highest BCUT2D eigenvalue weighted by Crippen LogP contribution is 2.22. The van der Waals surface area contributed by atoms with E-state index in [4.69, 9.17) is 4.74 Å². The molecule has 4 nitrogen and oxygen atoms in total. The summed E-state index contributed by atoms with van der Waals surface area (Å²) in [6.45, 7) is 2.91. The van der Waals surface area contributed by atoms with Gasteiger partial charge in [-0.2, -0.15) is 0 Å². The molecule has 2 aromatic rings. The first-order chi connectivity index (χ1) is 12.0. The van der Waals surface area contributed by atoms with Crippen LogP contribution in [0.3, 0.4) is 0 Å². The standard InChI is InChI=1S/C19H22FNO3S/c20-17-7-9-18(10-8-17)25(22,23)14-4-11-21-12-13-24-19(15-21)16-5-2-1-3-6-16/h1-3,5-10,19H,4,11-15H2. The predicted octanol–water partition coefficient (Wildman–Crippen LogP) is 3.06. The van der Waals surface area contributed by atoms with Gasteiger partial charge in [-0.3, -0.25) is 4.90 Å². The third kappa shape index (κ3) is 4.87. The van der Waals surface area contributed by atoms with Gasteiger partial charge in [0.1, 0.15) is 5.82 Å². The molecule has 1 atom stereocenters. The number of halogens is 1. The molecule has 0 aromatic heterocycles. The van der Waals surface area contributed by atoms with Crippen LogP contribution in [0.2, 0.25) is 0 Å². The predicted molar refractivity (Wildman–Crippen MR) is 94.6 cm³/mol. The minimum absolute atomic E-state index is 0.0312. The van der Waals surface area contributed by atoms with Gasteiger partial charge >= 0.3 is 0 Å². The summed E-state index contributed by atoms with van der Waals surface area (Å²) >= 11 is 0. The number of ether oxygens (including phenoxy) is 1.